The fourth-order valence-electron chi connectivity index (χ4n) is 2.28. The molecule has 1 heterocycles. The Kier molecular flexibility index (Phi) is 3.29. The summed E-state index contributed by atoms with van der Waals surface area (Å²) in [4.78, 5) is 4.31. The second-order valence-corrected chi connectivity index (χ2v) is 4.44. The Hall–Kier alpha value is -2.13. The maximum atomic E-state index is 5.60. The van der Waals surface area contributed by atoms with E-state index in [2.05, 4.69) is 47.6 Å². The average Bonchev–Trinajstić information content (AvgIpc) is 2.92. The first-order valence-electron chi connectivity index (χ1n) is 6.51. The van der Waals surface area contributed by atoms with Crippen molar-refractivity contribution >= 4 is 10.8 Å². The third-order valence-corrected chi connectivity index (χ3v) is 3.22. The molecule has 0 spiro atoms. The van der Waals surface area contributed by atoms with Gasteiger partial charge in [0, 0.05) is 12.1 Å². The van der Waals surface area contributed by atoms with Gasteiger partial charge in [-0.15, -0.1) is 0 Å². The number of nitrogens with zero attached hydrogens (tertiary/aromatic N) is 1. The number of rotatable bonds is 4. The van der Waals surface area contributed by atoms with Gasteiger partial charge in [-0.3, -0.25) is 0 Å². The highest BCUT2D eigenvalue weighted by Crippen LogP contribution is 2.30. The molecule has 3 heteroatoms. The highest BCUT2D eigenvalue weighted by Gasteiger charge is 2.12. The van der Waals surface area contributed by atoms with Crippen LogP contribution in [0.5, 0.6) is 0 Å². The van der Waals surface area contributed by atoms with Gasteiger partial charge in [0.2, 0.25) is 0 Å². The summed E-state index contributed by atoms with van der Waals surface area (Å²) in [6, 6.07) is 14.6. The lowest BCUT2D eigenvalue weighted by Crippen LogP contribution is -2.12. The summed E-state index contributed by atoms with van der Waals surface area (Å²) >= 11 is 0. The van der Waals surface area contributed by atoms with Crippen molar-refractivity contribution < 1.29 is 4.42 Å². The smallest absolute Gasteiger partial charge is 0.181 e. The van der Waals surface area contributed by atoms with Crippen molar-refractivity contribution in [3.8, 4) is 11.3 Å². The van der Waals surface area contributed by atoms with E-state index in [0.29, 0.717) is 0 Å². The maximum absolute atomic E-state index is 5.60. The Labute approximate surface area is 112 Å². The molecule has 1 N–H and O–H groups in total. The number of aromatic nitrogens is 1. The SMILES string of the molecule is CCNCc1ncoc1-c1cccc2ccccc12. The van der Waals surface area contributed by atoms with Crippen LogP contribution in [0.15, 0.2) is 53.3 Å². The van der Waals surface area contributed by atoms with E-state index in [1.165, 1.54) is 17.2 Å². The maximum Gasteiger partial charge on any atom is 0.181 e. The highest BCUT2D eigenvalue weighted by molar-refractivity contribution is 5.95. The van der Waals surface area contributed by atoms with E-state index in [1.807, 2.05) is 12.1 Å². The molecule has 0 saturated heterocycles. The third kappa shape index (κ3) is 2.25. The summed E-state index contributed by atoms with van der Waals surface area (Å²) in [6.07, 6.45) is 1.52. The van der Waals surface area contributed by atoms with Crippen LogP contribution in [0.3, 0.4) is 0 Å². The van der Waals surface area contributed by atoms with Crippen LogP contribution in [0.4, 0.5) is 0 Å². The molecular weight excluding hydrogens is 236 g/mol. The Bertz CT molecular complexity index is 683. The van der Waals surface area contributed by atoms with Crippen LogP contribution < -0.4 is 5.32 Å². The van der Waals surface area contributed by atoms with Gasteiger partial charge in [0.25, 0.3) is 0 Å². The first-order valence-corrected chi connectivity index (χ1v) is 6.51. The van der Waals surface area contributed by atoms with E-state index in [9.17, 15) is 0 Å². The molecule has 0 bridgehead atoms. The lowest BCUT2D eigenvalue weighted by atomic mass is 10.0. The van der Waals surface area contributed by atoms with Crippen molar-refractivity contribution in [2.75, 3.05) is 6.54 Å². The summed E-state index contributed by atoms with van der Waals surface area (Å²) < 4.78 is 5.60. The Morgan fingerprint density at radius 2 is 1.95 bits per heavy atom. The van der Waals surface area contributed by atoms with Gasteiger partial charge in [-0.1, -0.05) is 49.4 Å². The molecule has 0 unspecified atom stereocenters. The topological polar surface area (TPSA) is 38.1 Å². The molecular formula is C16H16N2O. The fraction of sp³-hybridized carbons (Fsp3) is 0.188. The Morgan fingerprint density at radius 1 is 1.11 bits per heavy atom. The molecule has 0 fully saturated rings. The van der Waals surface area contributed by atoms with Gasteiger partial charge in [-0.2, -0.15) is 0 Å². The molecule has 0 saturated carbocycles. The summed E-state index contributed by atoms with van der Waals surface area (Å²) in [5.74, 6) is 0.859. The van der Waals surface area contributed by atoms with E-state index < -0.39 is 0 Å². The number of nitrogens with one attached hydrogen (secondary N) is 1. The third-order valence-electron chi connectivity index (χ3n) is 3.22. The number of hydrogen-bond acceptors (Lipinski definition) is 3. The fourth-order valence-corrected chi connectivity index (χ4v) is 2.28. The highest BCUT2D eigenvalue weighted by atomic mass is 16.3. The number of oxazole rings is 1. The molecule has 2 aromatic carbocycles. The van der Waals surface area contributed by atoms with Gasteiger partial charge in [-0.25, -0.2) is 4.98 Å². The first kappa shape index (κ1) is 11.9. The average molecular weight is 252 g/mol. The van der Waals surface area contributed by atoms with Crippen molar-refractivity contribution in [1.29, 1.82) is 0 Å². The zero-order chi connectivity index (χ0) is 13.1. The van der Waals surface area contributed by atoms with Crippen LogP contribution in [-0.2, 0) is 6.54 Å². The monoisotopic (exact) mass is 252 g/mol. The second kappa shape index (κ2) is 5.24. The molecule has 0 atom stereocenters. The van der Waals surface area contributed by atoms with E-state index in [-0.39, 0.29) is 0 Å². The lowest BCUT2D eigenvalue weighted by Gasteiger charge is -2.06. The van der Waals surface area contributed by atoms with Crippen LogP contribution in [0.1, 0.15) is 12.6 Å². The van der Waals surface area contributed by atoms with Crippen molar-refractivity contribution in [2.24, 2.45) is 0 Å². The largest absolute Gasteiger partial charge is 0.443 e. The molecule has 0 radical (unpaired) electrons. The van der Waals surface area contributed by atoms with Gasteiger partial charge in [-0.05, 0) is 17.3 Å². The molecule has 3 aromatic rings. The summed E-state index contributed by atoms with van der Waals surface area (Å²) in [6.45, 7) is 3.73. The van der Waals surface area contributed by atoms with Crippen LogP contribution in [0, 0.1) is 0 Å². The van der Waals surface area contributed by atoms with Crippen LogP contribution in [0.2, 0.25) is 0 Å². The van der Waals surface area contributed by atoms with Crippen molar-refractivity contribution in [1.82, 2.24) is 10.3 Å². The standard InChI is InChI=1S/C16H16N2O/c1-2-17-10-15-16(19-11-18-15)14-9-5-7-12-6-3-4-8-13(12)14/h3-9,11,17H,2,10H2,1H3. The number of hydrogen-bond donors (Lipinski definition) is 1. The minimum absolute atomic E-state index is 0.728. The molecule has 0 aliphatic carbocycles. The predicted octanol–water partition coefficient (Wildman–Crippen LogP) is 3.60. The second-order valence-electron chi connectivity index (χ2n) is 4.44. The van der Waals surface area contributed by atoms with E-state index in [1.54, 1.807) is 0 Å². The van der Waals surface area contributed by atoms with Crippen molar-refractivity contribution in [3.63, 3.8) is 0 Å². The van der Waals surface area contributed by atoms with Crippen molar-refractivity contribution in [2.45, 2.75) is 13.5 Å². The van der Waals surface area contributed by atoms with Crippen LogP contribution in [0.25, 0.3) is 22.1 Å². The van der Waals surface area contributed by atoms with Gasteiger partial charge in [0.15, 0.2) is 12.2 Å². The van der Waals surface area contributed by atoms with Crippen molar-refractivity contribution in [3.05, 3.63) is 54.6 Å². The van der Waals surface area contributed by atoms with E-state index in [4.69, 9.17) is 4.42 Å². The first-order chi connectivity index (χ1) is 9.40. The van der Waals surface area contributed by atoms with Gasteiger partial charge in [0.05, 0.1) is 0 Å². The quantitative estimate of drug-likeness (QED) is 0.771. The molecule has 3 rings (SSSR count). The van der Waals surface area contributed by atoms with Gasteiger partial charge >= 0.3 is 0 Å². The zero-order valence-corrected chi connectivity index (χ0v) is 10.9. The summed E-state index contributed by atoms with van der Waals surface area (Å²) in [7, 11) is 0. The van der Waals surface area contributed by atoms with Gasteiger partial charge in [0.1, 0.15) is 5.69 Å². The normalized spacial score (nSPS) is 11.0. The minimum atomic E-state index is 0.728. The molecule has 96 valence electrons. The van der Waals surface area contributed by atoms with Crippen LogP contribution >= 0.6 is 0 Å². The molecule has 1 aromatic heterocycles. The lowest BCUT2D eigenvalue weighted by molar-refractivity contribution is 0.570. The number of fused-ring (bicyclic) bond motifs is 1. The molecule has 19 heavy (non-hydrogen) atoms. The van der Waals surface area contributed by atoms with Crippen LogP contribution in [-0.4, -0.2) is 11.5 Å². The summed E-state index contributed by atoms with van der Waals surface area (Å²) in [5.41, 5.74) is 2.06. The minimum Gasteiger partial charge on any atom is -0.443 e. The van der Waals surface area contributed by atoms with E-state index in [0.717, 1.165) is 30.1 Å². The van der Waals surface area contributed by atoms with E-state index >= 15 is 0 Å². The molecule has 0 aliphatic heterocycles. The predicted molar refractivity (Wildman–Crippen MR) is 76.8 cm³/mol. The zero-order valence-electron chi connectivity index (χ0n) is 10.9. The molecule has 0 aliphatic rings. The molecule has 0 amide bonds. The number of benzene rings is 2. The Balaban J connectivity index is 2.12. The van der Waals surface area contributed by atoms with Gasteiger partial charge < -0.3 is 9.73 Å². The Morgan fingerprint density at radius 3 is 2.84 bits per heavy atom. The summed E-state index contributed by atoms with van der Waals surface area (Å²) in [5, 5.41) is 5.69. The molecule has 3 nitrogen and oxygen atoms in total.